The summed E-state index contributed by atoms with van der Waals surface area (Å²) in [6.07, 6.45) is 0. The summed E-state index contributed by atoms with van der Waals surface area (Å²) in [6, 6.07) is 8.02. The zero-order valence-corrected chi connectivity index (χ0v) is 9.69. The van der Waals surface area contributed by atoms with Crippen molar-refractivity contribution in [3.05, 3.63) is 30.0 Å². The van der Waals surface area contributed by atoms with Crippen LogP contribution in [0.3, 0.4) is 0 Å². The first-order chi connectivity index (χ1) is 7.65. The summed E-state index contributed by atoms with van der Waals surface area (Å²) < 4.78 is 1.87. The first-order valence-corrected chi connectivity index (χ1v) is 5.34. The molecule has 1 aromatic carbocycles. The first kappa shape index (κ1) is 10.7. The van der Waals surface area contributed by atoms with Crippen LogP contribution in [0.5, 0.6) is 0 Å². The topological polar surface area (TPSA) is 46.9 Å². The van der Waals surface area contributed by atoms with E-state index in [1.54, 1.807) is 7.05 Å². The van der Waals surface area contributed by atoms with Gasteiger partial charge in [-0.1, -0.05) is 18.2 Å². The Balaban J connectivity index is 2.71. The molecule has 0 saturated carbocycles. The molecular weight excluding hydrogens is 202 g/mol. The van der Waals surface area contributed by atoms with E-state index in [4.69, 9.17) is 0 Å². The Labute approximate surface area is 94.3 Å². The lowest BCUT2D eigenvalue weighted by Gasteiger charge is -2.05. The monoisotopic (exact) mass is 217 g/mol. The number of hydrogen-bond acceptors (Lipinski definition) is 2. The Morgan fingerprint density at radius 3 is 2.69 bits per heavy atom. The van der Waals surface area contributed by atoms with Crippen LogP contribution in [-0.4, -0.2) is 22.7 Å². The van der Waals surface area contributed by atoms with Crippen LogP contribution in [0.15, 0.2) is 24.3 Å². The van der Waals surface area contributed by atoms with Gasteiger partial charge in [-0.3, -0.25) is 9.48 Å². The molecule has 2 aromatic rings. The summed E-state index contributed by atoms with van der Waals surface area (Å²) in [5, 5.41) is 7.87. The standard InChI is InChI=1S/C12H15N3O/c1-8(2)15-10-7-5-4-6-9(10)11(14-15)12(16)13-3/h4-8H,1-3H3,(H,13,16). The van der Waals surface area contributed by atoms with Crippen LogP contribution in [0, 0.1) is 0 Å². The maximum absolute atomic E-state index is 11.7. The highest BCUT2D eigenvalue weighted by Gasteiger charge is 2.16. The molecule has 1 aromatic heterocycles. The maximum atomic E-state index is 11.7. The Bertz CT molecular complexity index is 528. The Morgan fingerprint density at radius 1 is 1.38 bits per heavy atom. The third-order valence-corrected chi connectivity index (χ3v) is 2.55. The second-order valence-corrected chi connectivity index (χ2v) is 3.98. The van der Waals surface area contributed by atoms with E-state index in [0.717, 1.165) is 10.9 Å². The number of aromatic nitrogens is 2. The number of carbonyl (C=O) groups is 1. The largest absolute Gasteiger partial charge is 0.354 e. The third-order valence-electron chi connectivity index (χ3n) is 2.55. The van der Waals surface area contributed by atoms with Gasteiger partial charge >= 0.3 is 0 Å². The van der Waals surface area contributed by atoms with Crippen molar-refractivity contribution in [1.29, 1.82) is 0 Å². The first-order valence-electron chi connectivity index (χ1n) is 5.34. The number of hydrogen-bond donors (Lipinski definition) is 1. The van der Waals surface area contributed by atoms with Crippen molar-refractivity contribution >= 4 is 16.8 Å². The zero-order valence-electron chi connectivity index (χ0n) is 9.69. The molecule has 0 bridgehead atoms. The number of para-hydroxylation sites is 1. The molecule has 0 fully saturated rings. The van der Waals surface area contributed by atoms with Crippen molar-refractivity contribution in [2.45, 2.75) is 19.9 Å². The van der Waals surface area contributed by atoms with Gasteiger partial charge in [0, 0.05) is 18.5 Å². The van der Waals surface area contributed by atoms with Gasteiger partial charge in [0.1, 0.15) is 0 Å². The van der Waals surface area contributed by atoms with E-state index in [1.807, 2.05) is 42.8 Å². The van der Waals surface area contributed by atoms with E-state index in [0.29, 0.717) is 5.69 Å². The minimum atomic E-state index is -0.143. The van der Waals surface area contributed by atoms with Gasteiger partial charge in [-0.05, 0) is 19.9 Å². The van der Waals surface area contributed by atoms with Crippen molar-refractivity contribution in [3.63, 3.8) is 0 Å². The molecule has 0 aliphatic rings. The molecule has 4 heteroatoms. The fourth-order valence-corrected chi connectivity index (χ4v) is 1.77. The highest BCUT2D eigenvalue weighted by Crippen LogP contribution is 2.21. The van der Waals surface area contributed by atoms with Gasteiger partial charge in [0.15, 0.2) is 5.69 Å². The molecule has 0 atom stereocenters. The van der Waals surface area contributed by atoms with Crippen LogP contribution < -0.4 is 5.32 Å². The molecule has 0 radical (unpaired) electrons. The van der Waals surface area contributed by atoms with Crippen molar-refractivity contribution in [2.24, 2.45) is 0 Å². The highest BCUT2D eigenvalue weighted by molar-refractivity contribution is 6.04. The number of benzene rings is 1. The number of amides is 1. The Kier molecular flexibility index (Phi) is 2.64. The van der Waals surface area contributed by atoms with Gasteiger partial charge in [-0.15, -0.1) is 0 Å². The van der Waals surface area contributed by atoms with E-state index in [1.165, 1.54) is 0 Å². The van der Waals surface area contributed by atoms with Crippen LogP contribution in [0.25, 0.3) is 10.9 Å². The van der Waals surface area contributed by atoms with Crippen LogP contribution >= 0.6 is 0 Å². The van der Waals surface area contributed by atoms with Crippen molar-refractivity contribution in [2.75, 3.05) is 7.05 Å². The van der Waals surface area contributed by atoms with Gasteiger partial charge in [0.05, 0.1) is 5.52 Å². The quantitative estimate of drug-likeness (QED) is 0.836. The second kappa shape index (κ2) is 3.96. The molecule has 4 nitrogen and oxygen atoms in total. The van der Waals surface area contributed by atoms with Crippen molar-refractivity contribution in [1.82, 2.24) is 15.1 Å². The molecule has 84 valence electrons. The molecule has 1 N–H and O–H groups in total. The normalized spacial score (nSPS) is 11.0. The van der Waals surface area contributed by atoms with Crippen molar-refractivity contribution in [3.8, 4) is 0 Å². The molecule has 1 heterocycles. The minimum absolute atomic E-state index is 0.143. The fraction of sp³-hybridized carbons (Fsp3) is 0.333. The number of fused-ring (bicyclic) bond motifs is 1. The van der Waals surface area contributed by atoms with Gasteiger partial charge in [-0.25, -0.2) is 0 Å². The van der Waals surface area contributed by atoms with E-state index in [2.05, 4.69) is 10.4 Å². The molecule has 2 rings (SSSR count). The number of nitrogens with zero attached hydrogens (tertiary/aromatic N) is 2. The second-order valence-electron chi connectivity index (χ2n) is 3.98. The van der Waals surface area contributed by atoms with Crippen molar-refractivity contribution < 1.29 is 4.79 Å². The molecule has 0 aliphatic carbocycles. The highest BCUT2D eigenvalue weighted by atomic mass is 16.1. The van der Waals surface area contributed by atoms with Crippen LogP contribution in [0.4, 0.5) is 0 Å². The predicted molar refractivity (Wildman–Crippen MR) is 63.5 cm³/mol. The number of nitrogens with one attached hydrogen (secondary N) is 1. The predicted octanol–water partition coefficient (Wildman–Crippen LogP) is 1.98. The minimum Gasteiger partial charge on any atom is -0.354 e. The number of carbonyl (C=O) groups excluding carboxylic acids is 1. The summed E-state index contributed by atoms with van der Waals surface area (Å²) in [4.78, 5) is 11.7. The number of rotatable bonds is 2. The summed E-state index contributed by atoms with van der Waals surface area (Å²) in [7, 11) is 1.62. The summed E-state index contributed by atoms with van der Waals surface area (Å²) >= 11 is 0. The Morgan fingerprint density at radius 2 is 2.06 bits per heavy atom. The lowest BCUT2D eigenvalue weighted by Crippen LogP contribution is -2.19. The third kappa shape index (κ3) is 1.56. The molecule has 16 heavy (non-hydrogen) atoms. The van der Waals surface area contributed by atoms with Crippen LogP contribution in [-0.2, 0) is 0 Å². The average molecular weight is 217 g/mol. The lowest BCUT2D eigenvalue weighted by molar-refractivity contribution is 0.0958. The van der Waals surface area contributed by atoms with Gasteiger partial charge in [0.25, 0.3) is 5.91 Å². The maximum Gasteiger partial charge on any atom is 0.272 e. The van der Waals surface area contributed by atoms with E-state index < -0.39 is 0 Å². The fourth-order valence-electron chi connectivity index (χ4n) is 1.77. The van der Waals surface area contributed by atoms with Crippen LogP contribution in [0.1, 0.15) is 30.4 Å². The van der Waals surface area contributed by atoms with Crippen LogP contribution in [0.2, 0.25) is 0 Å². The molecular formula is C12H15N3O. The molecule has 1 amide bonds. The summed E-state index contributed by atoms with van der Waals surface area (Å²) in [6.45, 7) is 4.10. The van der Waals surface area contributed by atoms with E-state index in [9.17, 15) is 4.79 Å². The molecule has 0 unspecified atom stereocenters. The summed E-state index contributed by atoms with van der Waals surface area (Å²) in [5.74, 6) is -0.143. The average Bonchev–Trinajstić information content (AvgIpc) is 2.67. The summed E-state index contributed by atoms with van der Waals surface area (Å²) in [5.41, 5.74) is 1.49. The molecule has 0 aliphatic heterocycles. The smallest absolute Gasteiger partial charge is 0.272 e. The lowest BCUT2D eigenvalue weighted by atomic mass is 10.2. The van der Waals surface area contributed by atoms with Gasteiger partial charge in [-0.2, -0.15) is 5.10 Å². The Hall–Kier alpha value is -1.84. The van der Waals surface area contributed by atoms with E-state index >= 15 is 0 Å². The molecule has 0 spiro atoms. The SMILES string of the molecule is CNC(=O)c1nn(C(C)C)c2ccccc12. The van der Waals surface area contributed by atoms with E-state index in [-0.39, 0.29) is 11.9 Å². The van der Waals surface area contributed by atoms with Gasteiger partial charge in [0.2, 0.25) is 0 Å². The van der Waals surface area contributed by atoms with Gasteiger partial charge < -0.3 is 5.32 Å². The molecule has 0 saturated heterocycles. The zero-order chi connectivity index (χ0) is 11.7.